The Morgan fingerprint density at radius 3 is 2.48 bits per heavy atom. The molecule has 0 aliphatic heterocycles. The molecule has 1 aliphatic rings. The molecule has 1 saturated carbocycles. The second kappa shape index (κ2) is 8.47. The predicted molar refractivity (Wildman–Crippen MR) is 96.1 cm³/mol. The van der Waals surface area contributed by atoms with Gasteiger partial charge >= 0.3 is 11.9 Å². The van der Waals surface area contributed by atoms with Gasteiger partial charge in [-0.25, -0.2) is 4.79 Å². The van der Waals surface area contributed by atoms with E-state index in [9.17, 15) is 19.5 Å². The highest BCUT2D eigenvalue weighted by atomic mass is 32.1. The van der Waals surface area contributed by atoms with E-state index in [0.717, 1.165) is 17.7 Å². The molecule has 138 valence electrons. The minimum absolute atomic E-state index is 0.213. The van der Waals surface area contributed by atoms with Gasteiger partial charge in [0.15, 0.2) is 0 Å². The molecule has 1 aliphatic carbocycles. The number of anilines is 1. The molecule has 1 fully saturated rings. The number of hydrogen-bond donors (Lipinski definition) is 2. The lowest BCUT2D eigenvalue weighted by Gasteiger charge is -2.27. The molecule has 1 amide bonds. The number of carboxylic acids is 1. The van der Waals surface area contributed by atoms with Crippen LogP contribution in [0.4, 0.5) is 5.00 Å². The van der Waals surface area contributed by atoms with Crippen molar-refractivity contribution in [2.24, 2.45) is 11.8 Å². The van der Waals surface area contributed by atoms with E-state index < -0.39 is 23.8 Å². The van der Waals surface area contributed by atoms with Gasteiger partial charge in [-0.2, -0.15) is 0 Å². The standard InChI is InChI=1S/C18H25NO5S/c1-4-24-18(23)13-9-14(10(2)3)25-16(13)19-15(20)11-7-5-6-8-12(11)17(21)22/h9-12H,4-8H2,1-3H3,(H,19,20)(H,21,22)/t11-,12-/m0/s1. The van der Waals surface area contributed by atoms with Crippen LogP contribution in [0.2, 0.25) is 0 Å². The Hall–Kier alpha value is -1.89. The van der Waals surface area contributed by atoms with Crippen molar-refractivity contribution < 1.29 is 24.2 Å². The highest BCUT2D eigenvalue weighted by Gasteiger charge is 2.36. The van der Waals surface area contributed by atoms with Crippen molar-refractivity contribution in [3.05, 3.63) is 16.5 Å². The number of amides is 1. The van der Waals surface area contributed by atoms with Crippen LogP contribution < -0.4 is 5.32 Å². The number of rotatable bonds is 6. The maximum absolute atomic E-state index is 12.7. The molecule has 0 saturated heterocycles. The van der Waals surface area contributed by atoms with Crippen molar-refractivity contribution in [1.82, 2.24) is 0 Å². The zero-order chi connectivity index (χ0) is 18.6. The fourth-order valence-electron chi connectivity index (χ4n) is 3.09. The van der Waals surface area contributed by atoms with Gasteiger partial charge < -0.3 is 15.2 Å². The van der Waals surface area contributed by atoms with Crippen molar-refractivity contribution in [3.8, 4) is 0 Å². The molecule has 0 bridgehead atoms. The van der Waals surface area contributed by atoms with E-state index in [1.54, 1.807) is 13.0 Å². The van der Waals surface area contributed by atoms with Crippen molar-refractivity contribution in [1.29, 1.82) is 0 Å². The molecule has 0 radical (unpaired) electrons. The van der Waals surface area contributed by atoms with Crippen molar-refractivity contribution in [3.63, 3.8) is 0 Å². The SMILES string of the molecule is CCOC(=O)c1cc(C(C)C)sc1NC(=O)[C@H]1CCCC[C@@H]1C(=O)O. The van der Waals surface area contributed by atoms with Gasteiger partial charge in [-0.15, -0.1) is 11.3 Å². The van der Waals surface area contributed by atoms with E-state index in [2.05, 4.69) is 5.32 Å². The van der Waals surface area contributed by atoms with Crippen molar-refractivity contribution in [2.45, 2.75) is 52.4 Å². The Morgan fingerprint density at radius 1 is 1.28 bits per heavy atom. The second-order valence-electron chi connectivity index (χ2n) is 6.59. The molecule has 6 nitrogen and oxygen atoms in total. The third kappa shape index (κ3) is 4.60. The summed E-state index contributed by atoms with van der Waals surface area (Å²) >= 11 is 1.34. The van der Waals surface area contributed by atoms with Gasteiger partial charge in [-0.1, -0.05) is 26.7 Å². The molecule has 2 atom stereocenters. The van der Waals surface area contributed by atoms with Gasteiger partial charge in [0.1, 0.15) is 5.00 Å². The number of carbonyl (C=O) groups is 3. The number of thiophene rings is 1. The van der Waals surface area contributed by atoms with Gasteiger partial charge in [0.25, 0.3) is 0 Å². The van der Waals surface area contributed by atoms with Gasteiger partial charge in [-0.3, -0.25) is 9.59 Å². The first kappa shape index (κ1) is 19.4. The zero-order valence-electron chi connectivity index (χ0n) is 14.8. The zero-order valence-corrected chi connectivity index (χ0v) is 15.6. The number of carboxylic acid groups (broad SMARTS) is 1. The monoisotopic (exact) mass is 367 g/mol. The van der Waals surface area contributed by atoms with Crippen LogP contribution in [-0.2, 0) is 14.3 Å². The maximum atomic E-state index is 12.7. The minimum atomic E-state index is -0.931. The summed E-state index contributed by atoms with van der Waals surface area (Å²) in [6, 6.07) is 1.75. The molecule has 7 heteroatoms. The smallest absolute Gasteiger partial charge is 0.341 e. The van der Waals surface area contributed by atoms with Gasteiger partial charge in [-0.05, 0) is 31.7 Å². The van der Waals surface area contributed by atoms with Crippen LogP contribution in [0.15, 0.2) is 6.07 Å². The summed E-state index contributed by atoms with van der Waals surface area (Å²) in [5, 5.41) is 12.6. The summed E-state index contributed by atoms with van der Waals surface area (Å²) < 4.78 is 5.07. The molecule has 25 heavy (non-hydrogen) atoms. The van der Waals surface area contributed by atoms with Crippen LogP contribution in [-0.4, -0.2) is 29.6 Å². The van der Waals surface area contributed by atoms with Crippen LogP contribution in [0.25, 0.3) is 0 Å². The van der Waals surface area contributed by atoms with E-state index in [4.69, 9.17) is 4.74 Å². The Balaban J connectivity index is 2.24. The maximum Gasteiger partial charge on any atom is 0.341 e. The summed E-state index contributed by atoms with van der Waals surface area (Å²) in [5.41, 5.74) is 0.339. The summed E-state index contributed by atoms with van der Waals surface area (Å²) in [6.07, 6.45) is 2.74. The Bertz CT molecular complexity index is 652. The molecular weight excluding hydrogens is 342 g/mol. The largest absolute Gasteiger partial charge is 0.481 e. The van der Waals surface area contributed by atoms with Gasteiger partial charge in [0.2, 0.25) is 5.91 Å². The number of aliphatic carboxylic acids is 1. The first-order chi connectivity index (χ1) is 11.8. The number of esters is 1. The lowest BCUT2D eigenvalue weighted by atomic mass is 9.79. The Morgan fingerprint density at radius 2 is 1.92 bits per heavy atom. The summed E-state index contributed by atoms with van der Waals surface area (Å²) in [7, 11) is 0. The van der Waals surface area contributed by atoms with Crippen molar-refractivity contribution >= 4 is 34.2 Å². The molecule has 0 spiro atoms. The quantitative estimate of drug-likeness (QED) is 0.744. The first-order valence-electron chi connectivity index (χ1n) is 8.69. The number of carbonyl (C=O) groups excluding carboxylic acids is 2. The molecule has 2 N–H and O–H groups in total. The third-order valence-electron chi connectivity index (χ3n) is 4.47. The van der Waals surface area contributed by atoms with Gasteiger partial charge in [0, 0.05) is 4.88 Å². The van der Waals surface area contributed by atoms with E-state index in [1.807, 2.05) is 13.8 Å². The van der Waals surface area contributed by atoms with E-state index in [1.165, 1.54) is 11.3 Å². The third-order valence-corrected chi connectivity index (χ3v) is 5.82. The van der Waals surface area contributed by atoms with Gasteiger partial charge in [0.05, 0.1) is 24.0 Å². The van der Waals surface area contributed by atoms with Crippen LogP contribution >= 0.6 is 11.3 Å². The summed E-state index contributed by atoms with van der Waals surface area (Å²) in [4.78, 5) is 37.2. The van der Waals surface area contributed by atoms with Crippen LogP contribution in [0, 0.1) is 11.8 Å². The molecule has 1 aromatic rings. The van der Waals surface area contributed by atoms with Crippen LogP contribution in [0.5, 0.6) is 0 Å². The Labute approximate surface area is 151 Å². The van der Waals surface area contributed by atoms with Crippen LogP contribution in [0.3, 0.4) is 0 Å². The first-order valence-corrected chi connectivity index (χ1v) is 9.51. The lowest BCUT2D eigenvalue weighted by Crippen LogP contribution is -2.36. The fraction of sp³-hybridized carbons (Fsp3) is 0.611. The molecule has 0 aromatic carbocycles. The van der Waals surface area contributed by atoms with E-state index in [-0.39, 0.29) is 18.4 Å². The van der Waals surface area contributed by atoms with Crippen molar-refractivity contribution in [2.75, 3.05) is 11.9 Å². The second-order valence-corrected chi connectivity index (χ2v) is 7.68. The van der Waals surface area contributed by atoms with E-state index >= 15 is 0 Å². The average Bonchev–Trinajstić information content (AvgIpc) is 2.99. The highest BCUT2D eigenvalue weighted by Crippen LogP contribution is 2.36. The normalized spacial score (nSPS) is 20.3. The topological polar surface area (TPSA) is 92.7 Å². The average molecular weight is 367 g/mol. The molecular formula is C18H25NO5S. The number of nitrogens with one attached hydrogen (secondary N) is 1. The molecule has 1 heterocycles. The molecule has 0 unspecified atom stereocenters. The summed E-state index contributed by atoms with van der Waals surface area (Å²) in [6.45, 7) is 6.00. The highest BCUT2D eigenvalue weighted by molar-refractivity contribution is 7.16. The molecule has 1 aromatic heterocycles. The van der Waals surface area contributed by atoms with E-state index in [0.29, 0.717) is 23.4 Å². The number of ether oxygens (including phenoxy) is 1. The number of hydrogen-bond acceptors (Lipinski definition) is 5. The molecule has 2 rings (SSSR count). The van der Waals surface area contributed by atoms with Crippen LogP contribution in [0.1, 0.15) is 67.6 Å². The minimum Gasteiger partial charge on any atom is -0.481 e. The summed E-state index contributed by atoms with van der Waals surface area (Å²) in [5.74, 6) is -2.74. The Kier molecular flexibility index (Phi) is 6.58. The lowest BCUT2D eigenvalue weighted by molar-refractivity contribution is -0.147. The predicted octanol–water partition coefficient (Wildman–Crippen LogP) is 3.88. The fourth-order valence-corrected chi connectivity index (χ4v) is 4.14.